The molecule has 0 aliphatic carbocycles. The lowest BCUT2D eigenvalue weighted by molar-refractivity contribution is -0.158. The van der Waals surface area contributed by atoms with Gasteiger partial charge in [-0.2, -0.15) is 0 Å². The molecule has 3 aromatic rings. The second kappa shape index (κ2) is 7.34. The molecule has 32 heavy (non-hydrogen) atoms. The van der Waals surface area contributed by atoms with Crippen LogP contribution >= 0.6 is 11.3 Å². The summed E-state index contributed by atoms with van der Waals surface area (Å²) in [5.74, 6) is -0.601. The molecule has 0 saturated heterocycles. The van der Waals surface area contributed by atoms with Gasteiger partial charge in [0, 0.05) is 25.3 Å². The molecular weight excluding hydrogens is 426 g/mol. The first-order valence-corrected chi connectivity index (χ1v) is 11.1. The number of benzene rings is 2. The lowest BCUT2D eigenvalue weighted by Gasteiger charge is -2.44. The summed E-state index contributed by atoms with van der Waals surface area (Å²) < 4.78 is 13.5. The lowest BCUT2D eigenvalue weighted by Crippen LogP contribution is -2.58. The van der Waals surface area contributed by atoms with E-state index in [1.807, 2.05) is 73.6 Å². The van der Waals surface area contributed by atoms with E-state index in [-0.39, 0.29) is 5.56 Å². The van der Waals surface area contributed by atoms with Gasteiger partial charge in [-0.15, -0.1) is 0 Å². The van der Waals surface area contributed by atoms with Crippen molar-refractivity contribution in [2.75, 3.05) is 26.1 Å². The molecule has 0 radical (unpaired) electrons. The summed E-state index contributed by atoms with van der Waals surface area (Å²) in [6, 6.07) is 14.9. The van der Waals surface area contributed by atoms with Gasteiger partial charge in [0.05, 0.1) is 17.7 Å². The lowest BCUT2D eigenvalue weighted by atomic mass is 9.81. The summed E-state index contributed by atoms with van der Waals surface area (Å²) in [6.07, 6.45) is 1.86. The molecule has 0 unspecified atom stereocenters. The van der Waals surface area contributed by atoms with Crippen LogP contribution in [-0.4, -0.2) is 37.5 Å². The fourth-order valence-corrected chi connectivity index (χ4v) is 5.55. The summed E-state index contributed by atoms with van der Waals surface area (Å²) in [4.78, 5) is 33.7. The quantitative estimate of drug-likeness (QED) is 0.572. The van der Waals surface area contributed by atoms with Gasteiger partial charge in [-0.1, -0.05) is 41.7 Å². The van der Waals surface area contributed by atoms with Crippen molar-refractivity contribution in [3.8, 4) is 5.75 Å². The van der Waals surface area contributed by atoms with Crippen LogP contribution < -0.4 is 24.5 Å². The van der Waals surface area contributed by atoms with Crippen LogP contribution in [0.5, 0.6) is 5.75 Å². The summed E-state index contributed by atoms with van der Waals surface area (Å²) in [5, 5.41) is 0. The van der Waals surface area contributed by atoms with E-state index in [1.165, 1.54) is 18.4 Å². The third-order valence-electron chi connectivity index (χ3n) is 6.04. The number of para-hydroxylation sites is 1. The summed E-state index contributed by atoms with van der Waals surface area (Å²) in [5.41, 5.74) is 1.44. The van der Waals surface area contributed by atoms with Crippen molar-refractivity contribution >= 4 is 29.1 Å². The van der Waals surface area contributed by atoms with Crippen molar-refractivity contribution in [2.45, 2.75) is 18.7 Å². The minimum Gasteiger partial charge on any atom is -0.469 e. The summed E-state index contributed by atoms with van der Waals surface area (Å²) in [7, 11) is 5.31. The maximum atomic E-state index is 13.5. The first-order valence-electron chi connectivity index (χ1n) is 10.3. The third kappa shape index (κ3) is 3.05. The first-order chi connectivity index (χ1) is 15.3. The number of nitrogens with zero attached hydrogens (tertiary/aromatic N) is 3. The number of fused-ring (bicyclic) bond motifs is 6. The predicted octanol–water partition coefficient (Wildman–Crippen LogP) is 1.92. The van der Waals surface area contributed by atoms with Crippen LogP contribution in [0.25, 0.3) is 6.08 Å². The van der Waals surface area contributed by atoms with Gasteiger partial charge in [-0.3, -0.25) is 14.2 Å². The van der Waals surface area contributed by atoms with Crippen LogP contribution in [0.4, 0.5) is 5.69 Å². The molecule has 0 N–H and O–H groups in total. The average molecular weight is 450 g/mol. The van der Waals surface area contributed by atoms with Crippen molar-refractivity contribution in [3.63, 3.8) is 0 Å². The van der Waals surface area contributed by atoms with Crippen molar-refractivity contribution in [1.29, 1.82) is 0 Å². The molecule has 3 heterocycles. The Kier molecular flexibility index (Phi) is 4.70. The summed E-state index contributed by atoms with van der Waals surface area (Å²) >= 11 is 1.30. The molecule has 5 rings (SSSR count). The normalized spacial score (nSPS) is 23.4. The second-order valence-electron chi connectivity index (χ2n) is 8.31. The number of ether oxygens (including phenoxy) is 2. The van der Waals surface area contributed by atoms with Gasteiger partial charge in [-0.05, 0) is 36.8 Å². The Hall–Kier alpha value is -3.39. The topological polar surface area (TPSA) is 73.1 Å². The monoisotopic (exact) mass is 449 g/mol. The zero-order chi connectivity index (χ0) is 22.6. The Labute approximate surface area is 188 Å². The molecule has 2 aliphatic rings. The van der Waals surface area contributed by atoms with E-state index in [0.29, 0.717) is 15.1 Å². The molecule has 2 aliphatic heterocycles. The third-order valence-corrected chi connectivity index (χ3v) is 7.03. The molecule has 8 heteroatoms. The van der Waals surface area contributed by atoms with Crippen LogP contribution in [0.3, 0.4) is 0 Å². The van der Waals surface area contributed by atoms with Crippen LogP contribution in [0.1, 0.15) is 24.1 Å². The fourth-order valence-electron chi connectivity index (χ4n) is 4.45. The van der Waals surface area contributed by atoms with E-state index >= 15 is 0 Å². The van der Waals surface area contributed by atoms with Crippen LogP contribution in [-0.2, 0) is 9.53 Å². The fraction of sp³-hybridized carbons (Fsp3) is 0.292. The van der Waals surface area contributed by atoms with Gasteiger partial charge in [-0.25, -0.2) is 4.99 Å². The number of carbonyl (C=O) groups is 1. The van der Waals surface area contributed by atoms with Crippen molar-refractivity contribution in [1.82, 2.24) is 4.57 Å². The molecule has 164 valence electrons. The molecule has 0 amide bonds. The highest BCUT2D eigenvalue weighted by Crippen LogP contribution is 2.47. The molecule has 0 fully saturated rings. The van der Waals surface area contributed by atoms with Crippen molar-refractivity contribution < 1.29 is 14.3 Å². The number of anilines is 1. The zero-order valence-corrected chi connectivity index (χ0v) is 19.1. The van der Waals surface area contributed by atoms with E-state index in [1.54, 1.807) is 11.5 Å². The number of carbonyl (C=O) groups excluding carboxylic acids is 1. The molecule has 3 atom stereocenters. The van der Waals surface area contributed by atoms with E-state index < -0.39 is 23.7 Å². The predicted molar refractivity (Wildman–Crippen MR) is 123 cm³/mol. The maximum Gasteiger partial charge on any atom is 0.317 e. The average Bonchev–Trinajstić information content (AvgIpc) is 3.06. The van der Waals surface area contributed by atoms with Crippen LogP contribution in [0, 0.1) is 5.92 Å². The molecule has 1 aromatic heterocycles. The highest BCUT2D eigenvalue weighted by molar-refractivity contribution is 7.07. The van der Waals surface area contributed by atoms with Crippen molar-refractivity contribution in [2.24, 2.45) is 10.9 Å². The molecule has 0 spiro atoms. The van der Waals surface area contributed by atoms with Gasteiger partial charge in [0.2, 0.25) is 5.72 Å². The van der Waals surface area contributed by atoms with Gasteiger partial charge < -0.3 is 14.4 Å². The zero-order valence-electron chi connectivity index (χ0n) is 18.2. The Balaban J connectivity index is 1.72. The second-order valence-corrected chi connectivity index (χ2v) is 9.32. The summed E-state index contributed by atoms with van der Waals surface area (Å²) in [6.45, 7) is 1.77. The van der Waals surface area contributed by atoms with Gasteiger partial charge in [0.1, 0.15) is 11.7 Å². The number of hydrogen-bond donors (Lipinski definition) is 0. The Bertz CT molecular complexity index is 1390. The van der Waals surface area contributed by atoms with E-state index in [0.717, 1.165) is 16.8 Å². The molecule has 2 aromatic carbocycles. The minimum atomic E-state index is -1.16. The SMILES string of the molecule is COC(=O)[C@H]1[C@H]2c3ccccc3O[C@@]1(C)N=c1s/c(=C/c3ccc(N(C)C)cc3)c(=O)n12. The number of methoxy groups -OCH3 is 1. The Morgan fingerprint density at radius 3 is 2.62 bits per heavy atom. The smallest absolute Gasteiger partial charge is 0.317 e. The largest absolute Gasteiger partial charge is 0.469 e. The number of aromatic nitrogens is 1. The Morgan fingerprint density at radius 1 is 1.22 bits per heavy atom. The van der Waals surface area contributed by atoms with Crippen LogP contribution in [0.2, 0.25) is 0 Å². The Morgan fingerprint density at radius 2 is 1.94 bits per heavy atom. The number of rotatable bonds is 3. The number of hydrogen-bond acceptors (Lipinski definition) is 7. The highest BCUT2D eigenvalue weighted by atomic mass is 32.1. The first kappa shape index (κ1) is 20.5. The molecule has 7 nitrogen and oxygen atoms in total. The number of esters is 1. The van der Waals surface area contributed by atoms with E-state index in [4.69, 9.17) is 14.5 Å². The van der Waals surface area contributed by atoms with Crippen molar-refractivity contribution in [3.05, 3.63) is 79.3 Å². The molecule has 0 saturated carbocycles. The van der Waals surface area contributed by atoms with E-state index in [2.05, 4.69) is 0 Å². The van der Waals surface area contributed by atoms with E-state index in [9.17, 15) is 9.59 Å². The van der Waals surface area contributed by atoms with Crippen LogP contribution in [0.15, 0.2) is 58.3 Å². The number of thiazole rings is 1. The highest BCUT2D eigenvalue weighted by Gasteiger charge is 2.55. The van der Waals surface area contributed by atoms with Gasteiger partial charge in [0.15, 0.2) is 4.80 Å². The van der Waals surface area contributed by atoms with Gasteiger partial charge in [0.25, 0.3) is 5.56 Å². The molecular formula is C24H23N3O4S. The van der Waals surface area contributed by atoms with Gasteiger partial charge >= 0.3 is 5.97 Å². The molecule has 2 bridgehead atoms. The maximum absolute atomic E-state index is 13.5. The standard InChI is InChI=1S/C24H23N3O4S/c1-24-19(22(29)30-4)20(16-7-5-6-8-17(16)31-24)27-21(28)18(32-23(27)25-24)13-14-9-11-15(12-10-14)26(2)3/h5-13,19-20H,1-4H3/b18-13+/t19-,20-,24-/m1/s1. The minimum absolute atomic E-state index is 0.178.